The average Bonchev–Trinajstić information content (AvgIpc) is 3.23. The number of nitrogen functional groups attached to an aromatic ring is 1. The zero-order chi connectivity index (χ0) is 23.5. The largest absolute Gasteiger partial charge is 0.394 e. The van der Waals surface area contributed by atoms with Crippen molar-refractivity contribution < 1.29 is 14.3 Å². The summed E-state index contributed by atoms with van der Waals surface area (Å²) in [6, 6.07) is 11.9. The first-order valence-electron chi connectivity index (χ1n) is 9.95. The summed E-state index contributed by atoms with van der Waals surface area (Å²) < 4.78 is 16.5. The Bertz CT molecular complexity index is 1330. The number of rotatable bonds is 6. The summed E-state index contributed by atoms with van der Waals surface area (Å²) in [5.74, 6) is -1.20. The summed E-state index contributed by atoms with van der Waals surface area (Å²) in [5, 5.41) is 20.7. The predicted octanol–water partition coefficient (Wildman–Crippen LogP) is 3.38. The number of benzene rings is 2. The number of pyridine rings is 1. The van der Waals surface area contributed by atoms with Gasteiger partial charge in [0.15, 0.2) is 0 Å². The molecule has 0 aliphatic heterocycles. The third kappa shape index (κ3) is 4.84. The molecule has 0 aliphatic carbocycles. The van der Waals surface area contributed by atoms with Crippen molar-refractivity contribution in [3.8, 4) is 22.4 Å². The number of anilines is 1. The van der Waals surface area contributed by atoms with Gasteiger partial charge in [-0.25, -0.2) is 9.37 Å². The van der Waals surface area contributed by atoms with E-state index < -0.39 is 17.8 Å². The number of nitrogens with two attached hydrogens (primary N) is 1. The summed E-state index contributed by atoms with van der Waals surface area (Å²) in [4.78, 5) is 16.9. The number of carbonyl (C=O) groups is 1. The second-order valence-electron chi connectivity index (χ2n) is 7.39. The highest BCUT2D eigenvalue weighted by molar-refractivity contribution is 6.30. The minimum absolute atomic E-state index is 0.171. The number of hydrogen-bond acceptors (Lipinski definition) is 6. The van der Waals surface area contributed by atoms with Gasteiger partial charge < -0.3 is 16.2 Å². The van der Waals surface area contributed by atoms with E-state index in [9.17, 15) is 14.3 Å². The molecule has 10 heteroatoms. The molecule has 2 aromatic carbocycles. The van der Waals surface area contributed by atoms with E-state index in [1.54, 1.807) is 60.5 Å². The number of amides is 1. The summed E-state index contributed by atoms with van der Waals surface area (Å²) in [6.07, 6.45) is 3.29. The molecule has 33 heavy (non-hydrogen) atoms. The summed E-state index contributed by atoms with van der Waals surface area (Å²) in [6.45, 7) is -0.372. The van der Waals surface area contributed by atoms with Gasteiger partial charge in [-0.3, -0.25) is 9.48 Å². The lowest BCUT2D eigenvalue weighted by molar-refractivity contribution is 0.0912. The topological polar surface area (TPSA) is 119 Å². The number of carbonyl (C=O) groups excluding carboxylic acids is 1. The number of nitrogens with zero attached hydrogens (tertiary/aromatic N) is 4. The molecular weight excluding hydrogens is 447 g/mol. The number of halogens is 2. The van der Waals surface area contributed by atoms with Crippen LogP contribution in [0, 0.1) is 5.82 Å². The summed E-state index contributed by atoms with van der Waals surface area (Å²) >= 11 is 5.99. The molecule has 1 atom stereocenters. The number of aliphatic hydroxyl groups is 1. The first kappa shape index (κ1) is 22.4. The first-order chi connectivity index (χ1) is 15.9. The molecule has 4 aromatic rings. The molecule has 4 rings (SSSR count). The highest BCUT2D eigenvalue weighted by Gasteiger charge is 2.19. The second kappa shape index (κ2) is 9.35. The average molecular weight is 467 g/mol. The maximum absolute atomic E-state index is 14.9. The minimum atomic E-state index is -0.739. The zero-order valence-corrected chi connectivity index (χ0v) is 18.3. The lowest BCUT2D eigenvalue weighted by Gasteiger charge is -2.17. The van der Waals surface area contributed by atoms with E-state index in [0.29, 0.717) is 33.0 Å². The van der Waals surface area contributed by atoms with E-state index >= 15 is 0 Å². The van der Waals surface area contributed by atoms with Crippen molar-refractivity contribution in [2.45, 2.75) is 6.04 Å². The Balaban J connectivity index is 1.60. The van der Waals surface area contributed by atoms with Gasteiger partial charge in [0, 0.05) is 29.4 Å². The fourth-order valence-corrected chi connectivity index (χ4v) is 3.59. The standard InChI is InChI=1S/C23H20ClFN6O2/c1-31-11-20(29-30-31)15-8-18(22(26)27-10-15)13-5-6-17(19(25)9-13)23(33)28-21(12-32)14-3-2-4-16(24)7-14/h2-11,21,32H,12H2,1H3,(H2,26,27)(H,28,33)/t21-/m1/s1. The molecule has 2 aromatic heterocycles. The van der Waals surface area contributed by atoms with Gasteiger partial charge in [-0.1, -0.05) is 35.0 Å². The van der Waals surface area contributed by atoms with Crippen LogP contribution in [0.1, 0.15) is 22.0 Å². The number of aryl methyl sites for hydroxylation is 1. The fraction of sp³-hybridized carbons (Fsp3) is 0.130. The van der Waals surface area contributed by atoms with Crippen LogP contribution in [0.4, 0.5) is 10.2 Å². The van der Waals surface area contributed by atoms with Crippen LogP contribution in [0.5, 0.6) is 0 Å². The van der Waals surface area contributed by atoms with Crippen molar-refractivity contribution in [2.24, 2.45) is 7.05 Å². The molecule has 0 unspecified atom stereocenters. The van der Waals surface area contributed by atoms with Gasteiger partial charge in [0.25, 0.3) is 5.91 Å². The van der Waals surface area contributed by atoms with Gasteiger partial charge in [-0.15, -0.1) is 5.10 Å². The van der Waals surface area contributed by atoms with Crippen LogP contribution in [0.3, 0.4) is 0 Å². The summed E-state index contributed by atoms with van der Waals surface area (Å²) in [5.41, 5.74) is 8.67. The third-order valence-corrected chi connectivity index (χ3v) is 5.32. The van der Waals surface area contributed by atoms with Crippen molar-refractivity contribution in [1.29, 1.82) is 0 Å². The number of hydrogen-bond donors (Lipinski definition) is 3. The van der Waals surface area contributed by atoms with E-state index in [0.717, 1.165) is 0 Å². The monoisotopic (exact) mass is 466 g/mol. The van der Waals surface area contributed by atoms with Crippen LogP contribution < -0.4 is 11.1 Å². The smallest absolute Gasteiger partial charge is 0.254 e. The van der Waals surface area contributed by atoms with Crippen molar-refractivity contribution >= 4 is 23.3 Å². The van der Waals surface area contributed by atoms with Crippen molar-refractivity contribution in [2.75, 3.05) is 12.3 Å². The molecule has 0 saturated heterocycles. The maximum Gasteiger partial charge on any atom is 0.254 e. The molecular formula is C23H20ClFN6O2. The minimum Gasteiger partial charge on any atom is -0.394 e. The van der Waals surface area contributed by atoms with E-state index in [-0.39, 0.29) is 18.0 Å². The molecule has 0 bridgehead atoms. The van der Waals surface area contributed by atoms with Gasteiger partial charge in [-0.2, -0.15) is 0 Å². The van der Waals surface area contributed by atoms with E-state index in [1.807, 2.05) is 0 Å². The van der Waals surface area contributed by atoms with Gasteiger partial charge in [0.1, 0.15) is 17.3 Å². The molecule has 0 saturated carbocycles. The van der Waals surface area contributed by atoms with E-state index in [1.165, 1.54) is 12.1 Å². The molecule has 0 radical (unpaired) electrons. The Kier molecular flexibility index (Phi) is 6.34. The lowest BCUT2D eigenvalue weighted by atomic mass is 10.0. The van der Waals surface area contributed by atoms with Crippen molar-refractivity contribution in [3.63, 3.8) is 0 Å². The van der Waals surface area contributed by atoms with Gasteiger partial charge >= 0.3 is 0 Å². The van der Waals surface area contributed by atoms with Gasteiger partial charge in [-0.05, 0) is 41.5 Å². The van der Waals surface area contributed by atoms with E-state index in [2.05, 4.69) is 20.6 Å². The Morgan fingerprint density at radius 3 is 2.73 bits per heavy atom. The number of aromatic nitrogens is 4. The van der Waals surface area contributed by atoms with E-state index in [4.69, 9.17) is 17.3 Å². The van der Waals surface area contributed by atoms with Crippen molar-refractivity contribution in [1.82, 2.24) is 25.3 Å². The van der Waals surface area contributed by atoms with Crippen LogP contribution in [0.2, 0.25) is 5.02 Å². The lowest BCUT2D eigenvalue weighted by Crippen LogP contribution is -2.31. The molecule has 2 heterocycles. The second-order valence-corrected chi connectivity index (χ2v) is 7.83. The molecule has 168 valence electrons. The SMILES string of the molecule is Cn1cc(-c2cnc(N)c(-c3ccc(C(=O)N[C@H](CO)c4cccc(Cl)c4)c(F)c3)c2)nn1. The normalized spacial score (nSPS) is 11.9. The molecule has 8 nitrogen and oxygen atoms in total. The molecule has 1 amide bonds. The number of aliphatic hydroxyl groups excluding tert-OH is 1. The van der Waals surface area contributed by atoms with Gasteiger partial charge in [0.2, 0.25) is 0 Å². The fourth-order valence-electron chi connectivity index (χ4n) is 3.39. The number of nitrogens with one attached hydrogen (secondary N) is 1. The highest BCUT2D eigenvalue weighted by atomic mass is 35.5. The van der Waals surface area contributed by atoms with Crippen LogP contribution in [-0.2, 0) is 7.05 Å². The Morgan fingerprint density at radius 1 is 1.24 bits per heavy atom. The first-order valence-corrected chi connectivity index (χ1v) is 10.3. The zero-order valence-electron chi connectivity index (χ0n) is 17.5. The van der Waals surface area contributed by atoms with Crippen LogP contribution in [-0.4, -0.2) is 37.6 Å². The molecule has 0 spiro atoms. The molecule has 0 fully saturated rings. The summed E-state index contributed by atoms with van der Waals surface area (Å²) in [7, 11) is 1.75. The van der Waals surface area contributed by atoms with Crippen LogP contribution >= 0.6 is 11.6 Å². The Labute approximate surface area is 193 Å². The molecule has 0 aliphatic rings. The Morgan fingerprint density at radius 2 is 2.06 bits per heavy atom. The predicted molar refractivity (Wildman–Crippen MR) is 123 cm³/mol. The van der Waals surface area contributed by atoms with Crippen molar-refractivity contribution in [3.05, 3.63) is 82.9 Å². The maximum atomic E-state index is 14.9. The third-order valence-electron chi connectivity index (χ3n) is 5.08. The van der Waals surface area contributed by atoms with Crippen LogP contribution in [0.25, 0.3) is 22.4 Å². The van der Waals surface area contributed by atoms with Gasteiger partial charge in [0.05, 0.1) is 24.4 Å². The van der Waals surface area contributed by atoms with Crippen LogP contribution in [0.15, 0.2) is 60.9 Å². The Hall–Kier alpha value is -3.82. The highest BCUT2D eigenvalue weighted by Crippen LogP contribution is 2.30. The molecule has 4 N–H and O–H groups in total. The quantitative estimate of drug-likeness (QED) is 0.401.